The number of β-amino-alcohol motifs (C(OH)–C–C–N with tert-alkyl or cyclic N) is 1. The maximum atomic E-state index is 12.2. The van der Waals surface area contributed by atoms with Crippen molar-refractivity contribution < 1.29 is 19.7 Å². The zero-order chi connectivity index (χ0) is 15.9. The van der Waals surface area contributed by atoms with Gasteiger partial charge in [-0.3, -0.25) is 0 Å². The van der Waals surface area contributed by atoms with Crippen molar-refractivity contribution in [2.45, 2.75) is 44.8 Å². The van der Waals surface area contributed by atoms with Crippen LogP contribution in [0.1, 0.15) is 33.6 Å². The molecule has 2 saturated heterocycles. The van der Waals surface area contributed by atoms with Crippen LogP contribution in [0.2, 0.25) is 0 Å². The highest BCUT2D eigenvalue weighted by Gasteiger charge is 2.56. The van der Waals surface area contributed by atoms with Crippen molar-refractivity contribution in [3.8, 4) is 0 Å². The summed E-state index contributed by atoms with van der Waals surface area (Å²) in [6, 6.07) is 0. The third-order valence-electron chi connectivity index (χ3n) is 4.73. The van der Waals surface area contributed by atoms with Crippen LogP contribution in [0, 0.1) is 5.41 Å². The van der Waals surface area contributed by atoms with Crippen LogP contribution < -0.4 is 0 Å². The first-order valence-electron chi connectivity index (χ1n) is 7.61. The second-order valence-electron chi connectivity index (χ2n) is 7.61. The molecule has 6 heteroatoms. The lowest BCUT2D eigenvalue weighted by molar-refractivity contribution is -0.0942. The molecule has 2 unspecified atom stereocenters. The number of nitrogens with zero attached hydrogens (tertiary/aromatic N) is 2. The van der Waals surface area contributed by atoms with Gasteiger partial charge in [0.05, 0.1) is 12.2 Å². The van der Waals surface area contributed by atoms with Gasteiger partial charge in [-0.25, -0.2) is 4.79 Å². The summed E-state index contributed by atoms with van der Waals surface area (Å²) in [6.45, 7) is 7.60. The quantitative estimate of drug-likeness (QED) is 0.784. The summed E-state index contributed by atoms with van der Waals surface area (Å²) in [5.74, 6) is 0. The highest BCUT2D eigenvalue weighted by molar-refractivity contribution is 5.68. The zero-order valence-corrected chi connectivity index (χ0v) is 13.6. The van der Waals surface area contributed by atoms with Gasteiger partial charge in [0.25, 0.3) is 0 Å². The Morgan fingerprint density at radius 3 is 2.38 bits per heavy atom. The number of aliphatic hydroxyl groups is 2. The summed E-state index contributed by atoms with van der Waals surface area (Å²) in [7, 11) is 1.96. The van der Waals surface area contributed by atoms with E-state index in [1.807, 2.05) is 27.8 Å². The molecular formula is C15H28N2O4. The van der Waals surface area contributed by atoms with E-state index in [-0.39, 0.29) is 12.7 Å². The van der Waals surface area contributed by atoms with E-state index in [1.165, 1.54) is 0 Å². The van der Waals surface area contributed by atoms with Crippen LogP contribution in [0.5, 0.6) is 0 Å². The molecule has 0 saturated carbocycles. The molecule has 122 valence electrons. The van der Waals surface area contributed by atoms with E-state index in [1.54, 1.807) is 4.90 Å². The fourth-order valence-corrected chi connectivity index (χ4v) is 3.42. The Hall–Kier alpha value is -0.850. The Balaban J connectivity index is 2.09. The number of carbonyl (C=O) groups is 1. The summed E-state index contributed by atoms with van der Waals surface area (Å²) in [5.41, 5.74) is -2.12. The maximum absolute atomic E-state index is 12.2. The smallest absolute Gasteiger partial charge is 0.410 e. The number of hydrogen-bond acceptors (Lipinski definition) is 5. The SMILES string of the molecule is CN1CCC(O)(C2(CO)CCN(C(=O)OC(C)(C)C)C2)C1. The largest absolute Gasteiger partial charge is 0.444 e. The summed E-state index contributed by atoms with van der Waals surface area (Å²) in [6.07, 6.45) is 0.868. The Kier molecular flexibility index (Phi) is 4.26. The molecule has 0 aromatic heterocycles. The topological polar surface area (TPSA) is 73.2 Å². The minimum Gasteiger partial charge on any atom is -0.444 e. The minimum atomic E-state index is -0.937. The van der Waals surface area contributed by atoms with Crippen molar-refractivity contribution in [3.63, 3.8) is 0 Å². The molecule has 2 aliphatic heterocycles. The van der Waals surface area contributed by atoms with Crippen LogP contribution in [0.4, 0.5) is 4.79 Å². The Labute approximate surface area is 126 Å². The highest BCUT2D eigenvalue weighted by Crippen LogP contribution is 2.45. The molecule has 2 atom stereocenters. The van der Waals surface area contributed by atoms with Gasteiger partial charge in [-0.15, -0.1) is 0 Å². The van der Waals surface area contributed by atoms with Crippen molar-refractivity contribution in [3.05, 3.63) is 0 Å². The van der Waals surface area contributed by atoms with Crippen LogP contribution in [0.25, 0.3) is 0 Å². The molecule has 0 aliphatic carbocycles. The lowest BCUT2D eigenvalue weighted by atomic mass is 9.71. The number of amides is 1. The second-order valence-corrected chi connectivity index (χ2v) is 7.61. The van der Waals surface area contributed by atoms with Crippen molar-refractivity contribution in [1.29, 1.82) is 0 Å². The number of ether oxygens (including phenoxy) is 1. The van der Waals surface area contributed by atoms with E-state index >= 15 is 0 Å². The first-order chi connectivity index (χ1) is 9.61. The number of likely N-dealkylation sites (tertiary alicyclic amines) is 2. The lowest BCUT2D eigenvalue weighted by Gasteiger charge is -2.41. The molecule has 2 rings (SSSR count). The molecule has 2 heterocycles. The van der Waals surface area contributed by atoms with Crippen LogP contribution in [-0.4, -0.2) is 77.1 Å². The van der Waals surface area contributed by atoms with E-state index < -0.39 is 16.6 Å². The van der Waals surface area contributed by atoms with Gasteiger partial charge < -0.3 is 24.7 Å². The van der Waals surface area contributed by atoms with Crippen molar-refractivity contribution in [2.24, 2.45) is 5.41 Å². The van der Waals surface area contributed by atoms with E-state index in [4.69, 9.17) is 4.74 Å². The average molecular weight is 300 g/mol. The molecule has 2 N–H and O–H groups in total. The van der Waals surface area contributed by atoms with E-state index in [0.29, 0.717) is 32.5 Å². The van der Waals surface area contributed by atoms with Crippen LogP contribution in [0.3, 0.4) is 0 Å². The van der Waals surface area contributed by atoms with Crippen LogP contribution in [0.15, 0.2) is 0 Å². The van der Waals surface area contributed by atoms with E-state index in [9.17, 15) is 15.0 Å². The summed E-state index contributed by atoms with van der Waals surface area (Å²) >= 11 is 0. The van der Waals surface area contributed by atoms with E-state index in [2.05, 4.69) is 4.90 Å². The molecule has 0 radical (unpaired) electrons. The second kappa shape index (κ2) is 5.41. The summed E-state index contributed by atoms with van der Waals surface area (Å²) < 4.78 is 5.39. The minimum absolute atomic E-state index is 0.114. The average Bonchev–Trinajstić information content (AvgIpc) is 2.93. The Morgan fingerprint density at radius 2 is 1.90 bits per heavy atom. The third kappa shape index (κ3) is 3.17. The number of rotatable bonds is 2. The molecule has 2 aliphatic rings. The monoisotopic (exact) mass is 300 g/mol. The maximum Gasteiger partial charge on any atom is 0.410 e. The van der Waals surface area contributed by atoms with Gasteiger partial charge in [0.2, 0.25) is 0 Å². The number of aliphatic hydroxyl groups excluding tert-OH is 1. The standard InChI is InChI=1S/C15H28N2O4/c1-13(2,3)21-12(19)17-8-5-14(9-17,11-18)15(20)6-7-16(4)10-15/h18,20H,5-11H2,1-4H3. The molecule has 1 amide bonds. The highest BCUT2D eigenvalue weighted by atomic mass is 16.6. The molecule has 0 aromatic rings. The van der Waals surface area contributed by atoms with Gasteiger partial charge >= 0.3 is 6.09 Å². The predicted molar refractivity (Wildman–Crippen MR) is 79.0 cm³/mol. The molecule has 21 heavy (non-hydrogen) atoms. The summed E-state index contributed by atoms with van der Waals surface area (Å²) in [4.78, 5) is 15.9. The van der Waals surface area contributed by atoms with Crippen LogP contribution in [-0.2, 0) is 4.74 Å². The Bertz CT molecular complexity index is 409. The fourth-order valence-electron chi connectivity index (χ4n) is 3.42. The lowest BCUT2D eigenvalue weighted by Crippen LogP contribution is -2.54. The van der Waals surface area contributed by atoms with Gasteiger partial charge in [-0.05, 0) is 40.7 Å². The fraction of sp³-hybridized carbons (Fsp3) is 0.933. The van der Waals surface area contributed by atoms with Crippen LogP contribution >= 0.6 is 0 Å². The Morgan fingerprint density at radius 1 is 1.24 bits per heavy atom. The van der Waals surface area contributed by atoms with Crippen molar-refractivity contribution in [1.82, 2.24) is 9.80 Å². The predicted octanol–water partition coefficient (Wildman–Crippen LogP) is 0.672. The van der Waals surface area contributed by atoms with Gasteiger partial charge in [0.1, 0.15) is 5.60 Å². The molecular weight excluding hydrogens is 272 g/mol. The first kappa shape index (κ1) is 16.5. The number of likely N-dealkylation sites (N-methyl/N-ethyl adjacent to an activating group) is 1. The molecule has 2 fully saturated rings. The summed E-state index contributed by atoms with van der Waals surface area (Å²) in [5, 5.41) is 20.9. The van der Waals surface area contributed by atoms with E-state index in [0.717, 1.165) is 6.54 Å². The van der Waals surface area contributed by atoms with Gasteiger partial charge in [-0.1, -0.05) is 0 Å². The van der Waals surface area contributed by atoms with Gasteiger partial charge in [0, 0.05) is 31.6 Å². The molecule has 0 spiro atoms. The van der Waals surface area contributed by atoms with Gasteiger partial charge in [-0.2, -0.15) is 0 Å². The number of carbonyl (C=O) groups excluding carboxylic acids is 1. The molecule has 6 nitrogen and oxygen atoms in total. The number of hydrogen-bond donors (Lipinski definition) is 2. The third-order valence-corrected chi connectivity index (χ3v) is 4.73. The van der Waals surface area contributed by atoms with Crippen molar-refractivity contribution >= 4 is 6.09 Å². The van der Waals surface area contributed by atoms with Gasteiger partial charge in [0.15, 0.2) is 0 Å². The molecule has 0 aromatic carbocycles. The normalized spacial score (nSPS) is 34.5. The first-order valence-corrected chi connectivity index (χ1v) is 7.61. The zero-order valence-electron chi connectivity index (χ0n) is 13.6. The molecule has 0 bridgehead atoms. The van der Waals surface area contributed by atoms with Crippen molar-refractivity contribution in [2.75, 3.05) is 39.8 Å².